The van der Waals surface area contributed by atoms with Crippen molar-refractivity contribution in [1.29, 1.82) is 0 Å². The van der Waals surface area contributed by atoms with Gasteiger partial charge in [0.1, 0.15) is 0 Å². The van der Waals surface area contributed by atoms with Crippen molar-refractivity contribution in [3.05, 3.63) is 35.4 Å². The highest BCUT2D eigenvalue weighted by atomic mass is 15.1. The van der Waals surface area contributed by atoms with Crippen LogP contribution in [0.1, 0.15) is 38.8 Å². The quantitative estimate of drug-likeness (QED) is 0.867. The summed E-state index contributed by atoms with van der Waals surface area (Å²) in [6, 6.07) is 8.56. The molecule has 0 heterocycles. The van der Waals surface area contributed by atoms with Crippen molar-refractivity contribution in [3.8, 4) is 0 Å². The van der Waals surface area contributed by atoms with Crippen LogP contribution in [0, 0.1) is 12.3 Å². The van der Waals surface area contributed by atoms with Crippen molar-refractivity contribution in [2.75, 3.05) is 13.6 Å². The van der Waals surface area contributed by atoms with Crippen LogP contribution in [0.3, 0.4) is 0 Å². The molecule has 18 heavy (non-hydrogen) atoms. The molecule has 0 atom stereocenters. The normalized spacial score (nSPS) is 13.1. The van der Waals surface area contributed by atoms with E-state index in [1.54, 1.807) is 0 Å². The minimum absolute atomic E-state index is 0.0877. The average molecular weight is 248 g/mol. The fraction of sp³-hybridized carbons (Fsp3) is 0.625. The number of aryl methyl sites for hydroxylation is 1. The number of nitrogens with zero attached hydrogens (tertiary/aromatic N) is 1. The van der Waals surface area contributed by atoms with Crippen LogP contribution < -0.4 is 5.73 Å². The number of hydrogen-bond acceptors (Lipinski definition) is 2. The topological polar surface area (TPSA) is 29.3 Å². The molecule has 0 amide bonds. The molecule has 2 heteroatoms. The second-order valence-electron chi connectivity index (χ2n) is 6.70. The molecule has 0 saturated heterocycles. The van der Waals surface area contributed by atoms with Crippen LogP contribution in [0.5, 0.6) is 0 Å². The van der Waals surface area contributed by atoms with Gasteiger partial charge in [-0.05, 0) is 44.4 Å². The molecule has 1 rings (SSSR count). The highest BCUT2D eigenvalue weighted by Crippen LogP contribution is 2.29. The summed E-state index contributed by atoms with van der Waals surface area (Å²) in [5.41, 5.74) is 8.92. The standard InChI is InChI=1S/C16H28N2/c1-13-9-7-8-10-14(13)11-18(6)12-15(2,3)16(4,5)17/h7-10H,11-12,17H2,1-6H3. The second-order valence-corrected chi connectivity index (χ2v) is 6.70. The minimum atomic E-state index is -0.174. The van der Waals surface area contributed by atoms with Gasteiger partial charge in [-0.1, -0.05) is 38.1 Å². The first-order valence-electron chi connectivity index (χ1n) is 6.65. The van der Waals surface area contributed by atoms with E-state index in [2.05, 4.69) is 70.8 Å². The van der Waals surface area contributed by atoms with Crippen LogP contribution in [0.25, 0.3) is 0 Å². The molecule has 1 aromatic rings. The van der Waals surface area contributed by atoms with Crippen molar-refractivity contribution in [1.82, 2.24) is 4.90 Å². The Balaban J connectivity index is 2.68. The Morgan fingerprint density at radius 2 is 1.67 bits per heavy atom. The molecule has 0 aliphatic heterocycles. The van der Waals surface area contributed by atoms with E-state index in [4.69, 9.17) is 5.73 Å². The molecule has 1 aromatic carbocycles. The Kier molecular flexibility index (Phi) is 4.57. The van der Waals surface area contributed by atoms with Gasteiger partial charge in [0.15, 0.2) is 0 Å². The van der Waals surface area contributed by atoms with Gasteiger partial charge < -0.3 is 10.6 Å². The molecule has 2 N–H and O–H groups in total. The highest BCUT2D eigenvalue weighted by Gasteiger charge is 2.34. The van der Waals surface area contributed by atoms with Gasteiger partial charge in [0.25, 0.3) is 0 Å². The Bertz CT molecular complexity index is 388. The molecule has 0 fully saturated rings. The summed E-state index contributed by atoms with van der Waals surface area (Å²) < 4.78 is 0. The van der Waals surface area contributed by atoms with Crippen molar-refractivity contribution in [2.45, 2.75) is 46.7 Å². The van der Waals surface area contributed by atoms with Gasteiger partial charge in [0, 0.05) is 18.6 Å². The third-order valence-corrected chi connectivity index (χ3v) is 4.11. The predicted molar refractivity (Wildman–Crippen MR) is 79.6 cm³/mol. The summed E-state index contributed by atoms with van der Waals surface area (Å²) in [7, 11) is 2.17. The first kappa shape index (κ1) is 15.2. The molecule has 0 aliphatic carbocycles. The van der Waals surface area contributed by atoms with Gasteiger partial charge in [0.2, 0.25) is 0 Å². The lowest BCUT2D eigenvalue weighted by Crippen LogP contribution is -2.52. The molecule has 0 bridgehead atoms. The van der Waals surface area contributed by atoms with Crippen molar-refractivity contribution < 1.29 is 0 Å². The molecule has 0 radical (unpaired) electrons. The SMILES string of the molecule is Cc1ccccc1CN(C)CC(C)(C)C(C)(C)N. The Morgan fingerprint density at radius 3 is 2.17 bits per heavy atom. The lowest BCUT2D eigenvalue weighted by atomic mass is 9.75. The zero-order valence-corrected chi connectivity index (χ0v) is 12.7. The zero-order chi connectivity index (χ0) is 14.0. The average Bonchev–Trinajstić information content (AvgIpc) is 2.19. The zero-order valence-electron chi connectivity index (χ0n) is 12.7. The maximum absolute atomic E-state index is 6.26. The van der Waals surface area contributed by atoms with Crippen molar-refractivity contribution >= 4 is 0 Å². The maximum atomic E-state index is 6.26. The fourth-order valence-corrected chi connectivity index (χ4v) is 2.01. The van der Waals surface area contributed by atoms with Crippen LogP contribution >= 0.6 is 0 Å². The number of rotatable bonds is 5. The Labute approximate surface area is 112 Å². The molecule has 2 nitrogen and oxygen atoms in total. The van der Waals surface area contributed by atoms with Crippen LogP contribution in [-0.4, -0.2) is 24.0 Å². The van der Waals surface area contributed by atoms with E-state index < -0.39 is 0 Å². The molecule has 0 unspecified atom stereocenters. The molecular weight excluding hydrogens is 220 g/mol. The lowest BCUT2D eigenvalue weighted by molar-refractivity contribution is 0.126. The number of hydrogen-bond donors (Lipinski definition) is 1. The van der Waals surface area contributed by atoms with E-state index in [0.717, 1.165) is 13.1 Å². The lowest BCUT2D eigenvalue weighted by Gasteiger charge is -2.41. The van der Waals surface area contributed by atoms with Gasteiger partial charge >= 0.3 is 0 Å². The van der Waals surface area contributed by atoms with Gasteiger partial charge in [-0.15, -0.1) is 0 Å². The summed E-state index contributed by atoms with van der Waals surface area (Å²) in [6.45, 7) is 12.8. The van der Waals surface area contributed by atoms with E-state index in [0.29, 0.717) is 0 Å². The van der Waals surface area contributed by atoms with Crippen LogP contribution in [0.4, 0.5) is 0 Å². The Hall–Kier alpha value is -0.860. The first-order chi connectivity index (χ1) is 8.13. The van der Waals surface area contributed by atoms with E-state index >= 15 is 0 Å². The Morgan fingerprint density at radius 1 is 1.11 bits per heavy atom. The van der Waals surface area contributed by atoms with Gasteiger partial charge in [-0.25, -0.2) is 0 Å². The molecule has 102 valence electrons. The smallest absolute Gasteiger partial charge is 0.0233 e. The van der Waals surface area contributed by atoms with E-state index in [1.807, 2.05) is 0 Å². The molecule has 0 saturated carbocycles. The predicted octanol–water partition coefficient (Wildman–Crippen LogP) is 3.19. The third kappa shape index (κ3) is 3.82. The first-order valence-corrected chi connectivity index (χ1v) is 6.65. The van der Waals surface area contributed by atoms with E-state index in [9.17, 15) is 0 Å². The molecule has 0 aliphatic rings. The van der Waals surface area contributed by atoms with Gasteiger partial charge in [-0.3, -0.25) is 0 Å². The molecule has 0 aromatic heterocycles. The third-order valence-electron chi connectivity index (χ3n) is 4.11. The number of benzene rings is 1. The van der Waals surface area contributed by atoms with Crippen molar-refractivity contribution in [2.24, 2.45) is 11.1 Å². The summed E-state index contributed by atoms with van der Waals surface area (Å²) in [4.78, 5) is 2.36. The van der Waals surface area contributed by atoms with E-state index in [1.165, 1.54) is 11.1 Å². The largest absolute Gasteiger partial charge is 0.325 e. The van der Waals surface area contributed by atoms with Crippen LogP contribution in [0.15, 0.2) is 24.3 Å². The summed E-state index contributed by atoms with van der Waals surface area (Å²) >= 11 is 0. The van der Waals surface area contributed by atoms with Crippen molar-refractivity contribution in [3.63, 3.8) is 0 Å². The van der Waals surface area contributed by atoms with Crippen LogP contribution in [0.2, 0.25) is 0 Å². The maximum Gasteiger partial charge on any atom is 0.0233 e. The summed E-state index contributed by atoms with van der Waals surface area (Å²) in [5, 5.41) is 0. The summed E-state index contributed by atoms with van der Waals surface area (Å²) in [5.74, 6) is 0. The monoisotopic (exact) mass is 248 g/mol. The summed E-state index contributed by atoms with van der Waals surface area (Å²) in [6.07, 6.45) is 0. The highest BCUT2D eigenvalue weighted by molar-refractivity contribution is 5.25. The van der Waals surface area contributed by atoms with Gasteiger partial charge in [-0.2, -0.15) is 0 Å². The second kappa shape index (κ2) is 5.41. The van der Waals surface area contributed by atoms with Crippen LogP contribution in [-0.2, 0) is 6.54 Å². The van der Waals surface area contributed by atoms with E-state index in [-0.39, 0.29) is 11.0 Å². The molecular formula is C16H28N2. The number of nitrogens with two attached hydrogens (primary N) is 1. The fourth-order valence-electron chi connectivity index (χ4n) is 2.01. The van der Waals surface area contributed by atoms with Gasteiger partial charge in [0.05, 0.1) is 0 Å². The molecule has 0 spiro atoms. The minimum Gasteiger partial charge on any atom is -0.325 e.